The van der Waals surface area contributed by atoms with Gasteiger partial charge in [0.05, 0.1) is 6.61 Å². The fourth-order valence-corrected chi connectivity index (χ4v) is 2.23. The van der Waals surface area contributed by atoms with Crippen LogP contribution in [0.15, 0.2) is 6.07 Å². The molecule has 1 saturated heterocycles. The van der Waals surface area contributed by atoms with Crippen LogP contribution in [0.5, 0.6) is 0 Å². The van der Waals surface area contributed by atoms with Crippen molar-refractivity contribution in [2.75, 3.05) is 37.7 Å². The number of halogens is 1. The second kappa shape index (κ2) is 6.06. The molecule has 1 aromatic rings. The number of hydrogen-bond donors (Lipinski definition) is 0. The fraction of sp³-hybridized carbons (Fsp3) is 0.583. The van der Waals surface area contributed by atoms with Gasteiger partial charge in [-0.25, -0.2) is 14.8 Å². The van der Waals surface area contributed by atoms with Gasteiger partial charge >= 0.3 is 6.09 Å². The summed E-state index contributed by atoms with van der Waals surface area (Å²) in [6.45, 7) is 6.69. The molecule has 0 bridgehead atoms. The third-order valence-corrected chi connectivity index (χ3v) is 3.12. The topological polar surface area (TPSA) is 58.6 Å². The highest BCUT2D eigenvalue weighted by molar-refractivity contribution is 6.29. The first kappa shape index (κ1) is 13.9. The van der Waals surface area contributed by atoms with Crippen molar-refractivity contribution in [2.24, 2.45) is 0 Å². The van der Waals surface area contributed by atoms with Gasteiger partial charge in [-0.15, -0.1) is 0 Å². The lowest BCUT2D eigenvalue weighted by atomic mass is 10.3. The predicted molar refractivity (Wildman–Crippen MR) is 72.6 cm³/mol. The third kappa shape index (κ3) is 3.47. The first-order valence-corrected chi connectivity index (χ1v) is 6.65. The van der Waals surface area contributed by atoms with Crippen LogP contribution in [0.4, 0.5) is 10.6 Å². The van der Waals surface area contributed by atoms with Crippen LogP contribution in [-0.2, 0) is 4.74 Å². The molecular formula is C12H17ClN4O2. The maximum absolute atomic E-state index is 11.6. The largest absolute Gasteiger partial charge is 0.450 e. The zero-order chi connectivity index (χ0) is 13.8. The minimum Gasteiger partial charge on any atom is -0.450 e. The Hall–Kier alpha value is -1.56. The van der Waals surface area contributed by atoms with Crippen LogP contribution in [-0.4, -0.2) is 53.7 Å². The number of aryl methyl sites for hydroxylation is 1. The Morgan fingerprint density at radius 2 is 2.05 bits per heavy atom. The molecule has 0 atom stereocenters. The van der Waals surface area contributed by atoms with E-state index >= 15 is 0 Å². The van der Waals surface area contributed by atoms with E-state index < -0.39 is 0 Å². The van der Waals surface area contributed by atoms with Crippen molar-refractivity contribution < 1.29 is 9.53 Å². The standard InChI is InChI=1S/C12H17ClN4O2/c1-3-19-12(18)17-6-4-16(5-7-17)11-8-10(13)14-9(2)15-11/h8H,3-7H2,1-2H3. The number of nitrogens with zero attached hydrogens (tertiary/aromatic N) is 4. The molecule has 0 spiro atoms. The lowest BCUT2D eigenvalue weighted by molar-refractivity contribution is 0.105. The number of carbonyl (C=O) groups is 1. The SMILES string of the molecule is CCOC(=O)N1CCN(c2cc(Cl)nc(C)n2)CC1. The number of carbonyl (C=O) groups excluding carboxylic acids is 1. The van der Waals surface area contributed by atoms with Gasteiger partial charge in [-0.2, -0.15) is 0 Å². The van der Waals surface area contributed by atoms with Crippen molar-refractivity contribution >= 4 is 23.5 Å². The number of hydrogen-bond acceptors (Lipinski definition) is 5. The molecule has 0 N–H and O–H groups in total. The molecule has 1 aromatic heterocycles. The molecule has 0 saturated carbocycles. The Kier molecular flexibility index (Phi) is 4.42. The second-order valence-electron chi connectivity index (χ2n) is 4.27. The summed E-state index contributed by atoms with van der Waals surface area (Å²) in [5.41, 5.74) is 0. The molecule has 19 heavy (non-hydrogen) atoms. The van der Waals surface area contributed by atoms with Crippen molar-refractivity contribution in [1.82, 2.24) is 14.9 Å². The Morgan fingerprint density at radius 3 is 2.63 bits per heavy atom. The van der Waals surface area contributed by atoms with E-state index in [9.17, 15) is 4.79 Å². The Bertz CT molecular complexity index is 441. The smallest absolute Gasteiger partial charge is 0.409 e. The average molecular weight is 285 g/mol. The number of aromatic nitrogens is 2. The first-order chi connectivity index (χ1) is 9.10. The molecule has 6 nitrogen and oxygen atoms in total. The molecule has 1 aliphatic heterocycles. The maximum atomic E-state index is 11.6. The fourth-order valence-electron chi connectivity index (χ4n) is 2.01. The molecule has 0 radical (unpaired) electrons. The molecule has 104 valence electrons. The van der Waals surface area contributed by atoms with Crippen molar-refractivity contribution in [3.05, 3.63) is 17.0 Å². The summed E-state index contributed by atoms with van der Waals surface area (Å²) in [4.78, 5) is 23.8. The highest BCUT2D eigenvalue weighted by atomic mass is 35.5. The van der Waals surface area contributed by atoms with Crippen LogP contribution in [0.3, 0.4) is 0 Å². The van der Waals surface area contributed by atoms with Crippen molar-refractivity contribution in [1.29, 1.82) is 0 Å². The van der Waals surface area contributed by atoms with E-state index in [-0.39, 0.29) is 6.09 Å². The molecular weight excluding hydrogens is 268 g/mol. The van der Waals surface area contributed by atoms with Crippen LogP contribution in [0.1, 0.15) is 12.7 Å². The summed E-state index contributed by atoms with van der Waals surface area (Å²) >= 11 is 5.93. The molecule has 0 aromatic carbocycles. The van der Waals surface area contributed by atoms with Crippen LogP contribution in [0, 0.1) is 6.92 Å². The molecule has 0 unspecified atom stereocenters. The Labute approximate surface area is 117 Å². The summed E-state index contributed by atoms with van der Waals surface area (Å²) in [6, 6.07) is 1.74. The molecule has 1 amide bonds. The normalized spacial score (nSPS) is 15.5. The van der Waals surface area contributed by atoms with Crippen molar-refractivity contribution in [3.63, 3.8) is 0 Å². The van der Waals surface area contributed by atoms with Gasteiger partial charge in [0.15, 0.2) is 0 Å². The minimum atomic E-state index is -0.251. The van der Waals surface area contributed by atoms with E-state index in [2.05, 4.69) is 14.9 Å². The van der Waals surface area contributed by atoms with Crippen LogP contribution >= 0.6 is 11.6 Å². The van der Waals surface area contributed by atoms with Crippen LogP contribution in [0.25, 0.3) is 0 Å². The van der Waals surface area contributed by atoms with Gasteiger partial charge < -0.3 is 14.5 Å². The third-order valence-electron chi connectivity index (χ3n) is 2.92. The van der Waals surface area contributed by atoms with Gasteiger partial charge in [0.25, 0.3) is 0 Å². The summed E-state index contributed by atoms with van der Waals surface area (Å²) in [7, 11) is 0. The van der Waals surface area contributed by atoms with E-state index in [4.69, 9.17) is 16.3 Å². The van der Waals surface area contributed by atoms with E-state index in [1.165, 1.54) is 0 Å². The number of anilines is 1. The van der Waals surface area contributed by atoms with E-state index in [1.807, 2.05) is 6.92 Å². The van der Waals surface area contributed by atoms with E-state index in [0.717, 1.165) is 5.82 Å². The lowest BCUT2D eigenvalue weighted by Crippen LogP contribution is -2.49. The summed E-state index contributed by atoms with van der Waals surface area (Å²) < 4.78 is 4.98. The van der Waals surface area contributed by atoms with Crippen LogP contribution in [0.2, 0.25) is 5.15 Å². The Morgan fingerprint density at radius 1 is 1.37 bits per heavy atom. The molecule has 2 rings (SSSR count). The second-order valence-corrected chi connectivity index (χ2v) is 4.66. The van der Waals surface area contributed by atoms with Crippen molar-refractivity contribution in [3.8, 4) is 0 Å². The summed E-state index contributed by atoms with van der Waals surface area (Å²) in [5, 5.41) is 0.440. The molecule has 1 aliphatic rings. The van der Waals surface area contributed by atoms with Gasteiger partial charge in [0.2, 0.25) is 0 Å². The summed E-state index contributed by atoms with van der Waals surface area (Å²) in [6.07, 6.45) is -0.251. The number of amides is 1. The predicted octanol–water partition coefficient (Wildman–Crippen LogP) is 1.72. The van der Waals surface area contributed by atoms with Crippen LogP contribution < -0.4 is 4.90 Å². The minimum absolute atomic E-state index is 0.251. The van der Waals surface area contributed by atoms with Crippen molar-refractivity contribution in [2.45, 2.75) is 13.8 Å². The number of ether oxygens (including phenoxy) is 1. The average Bonchev–Trinajstić information content (AvgIpc) is 2.38. The molecule has 0 aliphatic carbocycles. The zero-order valence-electron chi connectivity index (χ0n) is 11.1. The van der Waals surface area contributed by atoms with Gasteiger partial charge in [-0.05, 0) is 13.8 Å². The molecule has 2 heterocycles. The van der Waals surface area contributed by atoms with Gasteiger partial charge in [-0.1, -0.05) is 11.6 Å². The summed E-state index contributed by atoms with van der Waals surface area (Å²) in [5.74, 6) is 1.45. The van der Waals surface area contributed by atoms with Gasteiger partial charge in [0.1, 0.15) is 16.8 Å². The Balaban J connectivity index is 1.97. The number of piperazine rings is 1. The first-order valence-electron chi connectivity index (χ1n) is 6.28. The van der Waals surface area contributed by atoms with E-state index in [0.29, 0.717) is 43.8 Å². The van der Waals surface area contributed by atoms with Gasteiger partial charge in [0, 0.05) is 32.2 Å². The molecule has 1 fully saturated rings. The number of rotatable bonds is 2. The monoisotopic (exact) mass is 284 g/mol. The zero-order valence-corrected chi connectivity index (χ0v) is 11.9. The molecule has 7 heteroatoms. The maximum Gasteiger partial charge on any atom is 0.409 e. The van der Waals surface area contributed by atoms with Gasteiger partial charge in [-0.3, -0.25) is 0 Å². The quantitative estimate of drug-likeness (QED) is 0.774. The highest BCUT2D eigenvalue weighted by Crippen LogP contribution is 2.17. The van der Waals surface area contributed by atoms with E-state index in [1.54, 1.807) is 17.9 Å². The lowest BCUT2D eigenvalue weighted by Gasteiger charge is -2.34. The highest BCUT2D eigenvalue weighted by Gasteiger charge is 2.22.